The number of carbonyl (C=O) groups is 2. The van der Waals surface area contributed by atoms with Gasteiger partial charge in [0.2, 0.25) is 11.8 Å². The second kappa shape index (κ2) is 9.80. The van der Waals surface area contributed by atoms with Crippen LogP contribution in [-0.4, -0.2) is 22.7 Å². The summed E-state index contributed by atoms with van der Waals surface area (Å²) in [5.41, 5.74) is 1.80. The van der Waals surface area contributed by atoms with Crippen molar-refractivity contribution in [3.8, 4) is 0 Å². The molecule has 3 rings (SSSR count). The van der Waals surface area contributed by atoms with Gasteiger partial charge in [0, 0.05) is 30.2 Å². The topological polar surface area (TPSA) is 62.3 Å². The molecule has 29 heavy (non-hydrogen) atoms. The molecule has 1 atom stereocenters. The fourth-order valence-electron chi connectivity index (χ4n) is 2.94. The number of alkyl halides is 1. The quantitative estimate of drug-likeness (QED) is 0.601. The zero-order valence-corrected chi connectivity index (χ0v) is 16.2. The number of hydrogen-bond acceptors (Lipinski definition) is 3. The van der Waals surface area contributed by atoms with Gasteiger partial charge in [0.05, 0.1) is 0 Å². The third-order valence-electron chi connectivity index (χ3n) is 4.30. The SMILES string of the molecule is O=C(NCc1ccccc1)C(c1cccnc1)N(C(=O)CCl)c1ccc(F)cc1. The number of rotatable bonds is 7. The monoisotopic (exact) mass is 411 g/mol. The first-order valence-corrected chi connectivity index (χ1v) is 9.48. The van der Waals surface area contributed by atoms with Crippen LogP contribution in [0.1, 0.15) is 17.2 Å². The Morgan fingerprint density at radius 3 is 2.38 bits per heavy atom. The van der Waals surface area contributed by atoms with Gasteiger partial charge in [0.25, 0.3) is 0 Å². The fraction of sp³-hybridized carbons (Fsp3) is 0.136. The molecule has 0 aliphatic carbocycles. The molecule has 0 radical (unpaired) electrons. The Bertz CT molecular complexity index is 953. The minimum atomic E-state index is -1.01. The van der Waals surface area contributed by atoms with Crippen molar-refractivity contribution in [2.24, 2.45) is 0 Å². The van der Waals surface area contributed by atoms with Crippen molar-refractivity contribution in [3.63, 3.8) is 0 Å². The van der Waals surface area contributed by atoms with Gasteiger partial charge in [-0.05, 0) is 35.9 Å². The first-order valence-electron chi connectivity index (χ1n) is 8.95. The molecule has 0 bridgehead atoms. The highest BCUT2D eigenvalue weighted by molar-refractivity contribution is 6.29. The number of hydrogen-bond donors (Lipinski definition) is 1. The van der Waals surface area contributed by atoms with Crippen LogP contribution in [0.2, 0.25) is 0 Å². The van der Waals surface area contributed by atoms with E-state index in [4.69, 9.17) is 11.6 Å². The Kier molecular flexibility index (Phi) is 6.92. The van der Waals surface area contributed by atoms with Crippen molar-refractivity contribution in [1.82, 2.24) is 10.3 Å². The van der Waals surface area contributed by atoms with Crippen LogP contribution >= 0.6 is 11.6 Å². The van der Waals surface area contributed by atoms with E-state index < -0.39 is 23.7 Å². The Balaban J connectivity index is 1.97. The predicted molar refractivity (Wildman–Crippen MR) is 110 cm³/mol. The minimum absolute atomic E-state index is 0.294. The maximum atomic E-state index is 13.4. The minimum Gasteiger partial charge on any atom is -0.350 e. The van der Waals surface area contributed by atoms with Crippen molar-refractivity contribution in [3.05, 3.63) is 96.1 Å². The van der Waals surface area contributed by atoms with Crippen LogP contribution in [0.25, 0.3) is 0 Å². The number of aromatic nitrogens is 1. The molecule has 1 N–H and O–H groups in total. The number of pyridine rings is 1. The maximum Gasteiger partial charge on any atom is 0.248 e. The van der Waals surface area contributed by atoms with Crippen LogP contribution < -0.4 is 10.2 Å². The summed E-state index contributed by atoms with van der Waals surface area (Å²) in [7, 11) is 0. The van der Waals surface area contributed by atoms with Crippen molar-refractivity contribution < 1.29 is 14.0 Å². The lowest BCUT2D eigenvalue weighted by Crippen LogP contribution is -2.44. The summed E-state index contributed by atoms with van der Waals surface area (Å²) >= 11 is 5.82. The number of amides is 2. The van der Waals surface area contributed by atoms with E-state index in [0.717, 1.165) is 5.56 Å². The Hall–Kier alpha value is -3.25. The average Bonchev–Trinajstić information content (AvgIpc) is 2.77. The summed E-state index contributed by atoms with van der Waals surface area (Å²) in [5, 5.41) is 2.86. The van der Waals surface area contributed by atoms with Crippen molar-refractivity contribution in [1.29, 1.82) is 0 Å². The van der Waals surface area contributed by atoms with Gasteiger partial charge < -0.3 is 5.32 Å². The second-order valence-corrected chi connectivity index (χ2v) is 6.53. The maximum absolute atomic E-state index is 13.4. The van der Waals surface area contributed by atoms with Crippen LogP contribution in [0.5, 0.6) is 0 Å². The summed E-state index contributed by atoms with van der Waals surface area (Å²) in [6.07, 6.45) is 3.10. The van der Waals surface area contributed by atoms with Gasteiger partial charge in [-0.25, -0.2) is 4.39 Å². The number of carbonyl (C=O) groups excluding carboxylic acids is 2. The molecule has 1 unspecified atom stereocenters. The lowest BCUT2D eigenvalue weighted by Gasteiger charge is -2.31. The van der Waals surface area contributed by atoms with Crippen molar-refractivity contribution in [2.45, 2.75) is 12.6 Å². The zero-order chi connectivity index (χ0) is 20.6. The first kappa shape index (κ1) is 20.5. The third-order valence-corrected chi connectivity index (χ3v) is 4.53. The molecule has 5 nitrogen and oxygen atoms in total. The van der Waals surface area contributed by atoms with Gasteiger partial charge in [-0.15, -0.1) is 11.6 Å². The molecule has 0 fully saturated rings. The average molecular weight is 412 g/mol. The Morgan fingerprint density at radius 1 is 1.03 bits per heavy atom. The molecule has 0 saturated carbocycles. The fourth-order valence-corrected chi connectivity index (χ4v) is 3.07. The lowest BCUT2D eigenvalue weighted by atomic mass is 10.0. The Morgan fingerprint density at radius 2 is 1.76 bits per heavy atom. The van der Waals surface area contributed by atoms with Gasteiger partial charge in [0.15, 0.2) is 0 Å². The summed E-state index contributed by atoms with van der Waals surface area (Å²) in [5.74, 6) is -1.66. The van der Waals surface area contributed by atoms with E-state index in [-0.39, 0.29) is 5.88 Å². The molecule has 3 aromatic rings. The third kappa shape index (κ3) is 5.18. The van der Waals surface area contributed by atoms with E-state index in [0.29, 0.717) is 17.8 Å². The molecule has 0 spiro atoms. The van der Waals surface area contributed by atoms with Gasteiger partial charge in [-0.1, -0.05) is 36.4 Å². The molecule has 148 valence electrons. The van der Waals surface area contributed by atoms with E-state index in [1.165, 1.54) is 35.4 Å². The molecule has 2 aromatic carbocycles. The smallest absolute Gasteiger partial charge is 0.248 e. The number of halogens is 2. The number of benzene rings is 2. The van der Waals surface area contributed by atoms with Crippen molar-refractivity contribution >= 4 is 29.1 Å². The molecule has 0 aliphatic heterocycles. The van der Waals surface area contributed by atoms with Crippen LogP contribution in [0.3, 0.4) is 0 Å². The largest absolute Gasteiger partial charge is 0.350 e. The van der Waals surface area contributed by atoms with Gasteiger partial charge in [0.1, 0.15) is 17.7 Å². The summed E-state index contributed by atoms with van der Waals surface area (Å²) in [4.78, 5) is 31.2. The molecule has 0 saturated heterocycles. The van der Waals surface area contributed by atoms with Crippen LogP contribution in [0, 0.1) is 5.82 Å². The molecular formula is C22H19ClFN3O2. The molecule has 2 amide bonds. The van der Waals surface area contributed by atoms with Crippen LogP contribution in [0.4, 0.5) is 10.1 Å². The molecule has 7 heteroatoms. The second-order valence-electron chi connectivity index (χ2n) is 6.27. The first-order chi connectivity index (χ1) is 14.1. The molecule has 1 aromatic heterocycles. The molecule has 1 heterocycles. The highest BCUT2D eigenvalue weighted by Gasteiger charge is 2.32. The molecule has 0 aliphatic rings. The van der Waals surface area contributed by atoms with Gasteiger partial charge in [-0.2, -0.15) is 0 Å². The van der Waals surface area contributed by atoms with E-state index in [1.807, 2.05) is 30.3 Å². The highest BCUT2D eigenvalue weighted by atomic mass is 35.5. The standard InChI is InChI=1S/C22H19ClFN3O2/c23-13-20(28)27(19-10-8-18(24)9-11-19)21(17-7-4-12-25-15-17)22(29)26-14-16-5-2-1-3-6-16/h1-12,15,21H,13-14H2,(H,26,29). The molecular weight excluding hydrogens is 393 g/mol. The summed E-state index contributed by atoms with van der Waals surface area (Å²) in [6.45, 7) is 0.294. The van der Waals surface area contributed by atoms with E-state index in [9.17, 15) is 14.0 Å². The number of nitrogens with zero attached hydrogens (tertiary/aromatic N) is 2. The van der Waals surface area contributed by atoms with Gasteiger partial charge in [-0.3, -0.25) is 19.5 Å². The number of nitrogens with one attached hydrogen (secondary N) is 1. The summed E-state index contributed by atoms with van der Waals surface area (Å²) in [6, 6.07) is 17.1. The van der Waals surface area contributed by atoms with E-state index >= 15 is 0 Å². The predicted octanol–water partition coefficient (Wildman–Crippen LogP) is 3.85. The highest BCUT2D eigenvalue weighted by Crippen LogP contribution is 2.28. The van der Waals surface area contributed by atoms with Crippen LogP contribution in [0.15, 0.2) is 79.1 Å². The van der Waals surface area contributed by atoms with Crippen LogP contribution in [-0.2, 0) is 16.1 Å². The summed E-state index contributed by atoms with van der Waals surface area (Å²) < 4.78 is 13.4. The van der Waals surface area contributed by atoms with E-state index in [2.05, 4.69) is 10.3 Å². The number of anilines is 1. The van der Waals surface area contributed by atoms with E-state index in [1.54, 1.807) is 18.3 Å². The normalized spacial score (nSPS) is 11.5. The lowest BCUT2D eigenvalue weighted by molar-refractivity contribution is -0.126. The van der Waals surface area contributed by atoms with Gasteiger partial charge >= 0.3 is 0 Å². The Labute approximate surface area is 173 Å². The van der Waals surface area contributed by atoms with Crippen molar-refractivity contribution in [2.75, 3.05) is 10.8 Å². The zero-order valence-electron chi connectivity index (χ0n) is 15.5.